The van der Waals surface area contributed by atoms with Crippen molar-refractivity contribution in [3.8, 4) is 0 Å². The van der Waals surface area contributed by atoms with Gasteiger partial charge in [0.25, 0.3) is 0 Å². The average Bonchev–Trinajstić information content (AvgIpc) is 2.29. The van der Waals surface area contributed by atoms with E-state index in [0.717, 1.165) is 26.1 Å². The molecule has 0 aliphatic rings. The average molecular weight is 221 g/mol. The highest BCUT2D eigenvalue weighted by molar-refractivity contribution is 5.14. The molecule has 16 heavy (non-hydrogen) atoms. The summed E-state index contributed by atoms with van der Waals surface area (Å²) < 4.78 is 0. The summed E-state index contributed by atoms with van der Waals surface area (Å²) in [7, 11) is 4.20. The Balaban J connectivity index is 1.93. The van der Waals surface area contributed by atoms with Crippen LogP contribution in [0.4, 0.5) is 0 Å². The van der Waals surface area contributed by atoms with E-state index in [2.05, 4.69) is 60.2 Å². The Hall–Kier alpha value is -0.900. The largest absolute Gasteiger partial charge is 0.309 e. The summed E-state index contributed by atoms with van der Waals surface area (Å²) in [6, 6.07) is 10.5. The van der Waals surface area contributed by atoms with Gasteiger partial charge in [-0.2, -0.15) is 0 Å². The molecule has 1 aromatic rings. The van der Waals surface area contributed by atoms with Crippen molar-refractivity contribution in [1.29, 1.82) is 0 Å². The molecule has 0 aliphatic carbocycles. The number of hydrazine groups is 1. The van der Waals surface area contributed by atoms with Gasteiger partial charge in [-0.1, -0.05) is 30.3 Å². The summed E-state index contributed by atoms with van der Waals surface area (Å²) in [5.74, 6) is 0. The van der Waals surface area contributed by atoms with Crippen LogP contribution in [-0.4, -0.2) is 38.6 Å². The second kappa shape index (κ2) is 8.28. The van der Waals surface area contributed by atoms with E-state index in [-0.39, 0.29) is 0 Å². The number of nitrogens with one attached hydrogen (secondary N) is 2. The molecule has 0 aliphatic heterocycles. The summed E-state index contributed by atoms with van der Waals surface area (Å²) in [6.07, 6.45) is 2.24. The maximum atomic E-state index is 3.24. The standard InChI is InChI=1S/C13H23N3/c1-16(2)12-6-10-14-15-11-9-13-7-4-3-5-8-13/h3-5,7-8,14-15H,6,9-12H2,1-2H3. The lowest BCUT2D eigenvalue weighted by molar-refractivity contribution is 0.386. The van der Waals surface area contributed by atoms with Crippen LogP contribution in [0.5, 0.6) is 0 Å². The normalized spacial score (nSPS) is 10.9. The van der Waals surface area contributed by atoms with Gasteiger partial charge in [0.2, 0.25) is 0 Å². The fourth-order valence-electron chi connectivity index (χ4n) is 1.51. The third kappa shape index (κ3) is 6.56. The molecule has 0 radical (unpaired) electrons. The van der Waals surface area contributed by atoms with Gasteiger partial charge >= 0.3 is 0 Å². The molecular weight excluding hydrogens is 198 g/mol. The summed E-state index contributed by atoms with van der Waals surface area (Å²) in [4.78, 5) is 2.20. The minimum absolute atomic E-state index is 0.978. The van der Waals surface area contributed by atoms with Crippen LogP contribution in [0.25, 0.3) is 0 Å². The van der Waals surface area contributed by atoms with Gasteiger partial charge in [0.15, 0.2) is 0 Å². The molecule has 1 rings (SSSR count). The van der Waals surface area contributed by atoms with E-state index in [1.54, 1.807) is 0 Å². The zero-order valence-corrected chi connectivity index (χ0v) is 10.4. The Morgan fingerprint density at radius 2 is 1.69 bits per heavy atom. The highest BCUT2D eigenvalue weighted by Crippen LogP contribution is 1.97. The molecule has 3 heteroatoms. The second-order valence-corrected chi connectivity index (χ2v) is 4.25. The number of hydrogen-bond donors (Lipinski definition) is 2. The van der Waals surface area contributed by atoms with Gasteiger partial charge in [-0.15, -0.1) is 0 Å². The molecule has 0 spiro atoms. The summed E-state index contributed by atoms with van der Waals surface area (Å²) in [5, 5.41) is 0. The second-order valence-electron chi connectivity index (χ2n) is 4.25. The van der Waals surface area contributed by atoms with Gasteiger partial charge in [-0.3, -0.25) is 10.9 Å². The molecular formula is C13H23N3. The van der Waals surface area contributed by atoms with Crippen LogP contribution in [0.15, 0.2) is 30.3 Å². The monoisotopic (exact) mass is 221 g/mol. The smallest absolute Gasteiger partial charge is 0.0140 e. The van der Waals surface area contributed by atoms with E-state index in [1.165, 1.54) is 12.0 Å². The van der Waals surface area contributed by atoms with E-state index < -0.39 is 0 Å². The van der Waals surface area contributed by atoms with Crippen LogP contribution in [0.2, 0.25) is 0 Å². The molecule has 0 heterocycles. The van der Waals surface area contributed by atoms with E-state index in [1.807, 2.05) is 0 Å². The van der Waals surface area contributed by atoms with E-state index >= 15 is 0 Å². The first-order valence-electron chi connectivity index (χ1n) is 5.93. The van der Waals surface area contributed by atoms with Crippen LogP contribution < -0.4 is 10.9 Å². The third-order valence-electron chi connectivity index (χ3n) is 2.41. The molecule has 0 saturated carbocycles. The van der Waals surface area contributed by atoms with Crippen molar-refractivity contribution in [2.45, 2.75) is 12.8 Å². The minimum Gasteiger partial charge on any atom is -0.309 e. The number of rotatable bonds is 8. The van der Waals surface area contributed by atoms with Crippen molar-refractivity contribution in [2.75, 3.05) is 33.7 Å². The van der Waals surface area contributed by atoms with Crippen LogP contribution in [0.1, 0.15) is 12.0 Å². The quantitative estimate of drug-likeness (QED) is 0.511. The van der Waals surface area contributed by atoms with Gasteiger partial charge in [-0.25, -0.2) is 0 Å². The maximum absolute atomic E-state index is 3.24. The van der Waals surface area contributed by atoms with Gasteiger partial charge in [-0.05, 0) is 39.0 Å². The Morgan fingerprint density at radius 3 is 2.38 bits per heavy atom. The van der Waals surface area contributed by atoms with Gasteiger partial charge < -0.3 is 4.90 Å². The Labute approximate surface area is 98.8 Å². The first-order chi connectivity index (χ1) is 7.79. The van der Waals surface area contributed by atoms with Gasteiger partial charge in [0.1, 0.15) is 0 Å². The van der Waals surface area contributed by atoms with Crippen LogP contribution >= 0.6 is 0 Å². The molecule has 0 aromatic heterocycles. The number of benzene rings is 1. The SMILES string of the molecule is CN(C)CCCNNCCc1ccccc1. The van der Waals surface area contributed by atoms with Crippen molar-refractivity contribution in [1.82, 2.24) is 15.8 Å². The molecule has 0 fully saturated rings. The lowest BCUT2D eigenvalue weighted by atomic mass is 10.2. The number of nitrogens with zero attached hydrogens (tertiary/aromatic N) is 1. The molecule has 0 bridgehead atoms. The Kier molecular flexibility index (Phi) is 6.81. The zero-order valence-electron chi connectivity index (χ0n) is 10.4. The summed E-state index contributed by atoms with van der Waals surface area (Å²) >= 11 is 0. The molecule has 0 unspecified atom stereocenters. The van der Waals surface area contributed by atoms with E-state index in [0.29, 0.717) is 0 Å². The topological polar surface area (TPSA) is 27.3 Å². The van der Waals surface area contributed by atoms with E-state index in [9.17, 15) is 0 Å². The zero-order chi connectivity index (χ0) is 11.6. The van der Waals surface area contributed by atoms with E-state index in [4.69, 9.17) is 0 Å². The fourth-order valence-corrected chi connectivity index (χ4v) is 1.51. The molecule has 0 atom stereocenters. The number of hydrogen-bond acceptors (Lipinski definition) is 3. The van der Waals surface area contributed by atoms with Gasteiger partial charge in [0.05, 0.1) is 0 Å². The van der Waals surface area contributed by atoms with Crippen LogP contribution in [0, 0.1) is 0 Å². The van der Waals surface area contributed by atoms with Crippen molar-refractivity contribution in [3.05, 3.63) is 35.9 Å². The summed E-state index contributed by atoms with van der Waals surface area (Å²) in [5.41, 5.74) is 7.85. The molecule has 1 aromatic carbocycles. The Morgan fingerprint density at radius 1 is 1.00 bits per heavy atom. The van der Waals surface area contributed by atoms with Crippen LogP contribution in [0.3, 0.4) is 0 Å². The molecule has 0 amide bonds. The molecule has 0 saturated heterocycles. The fraction of sp³-hybridized carbons (Fsp3) is 0.538. The first kappa shape index (κ1) is 13.2. The van der Waals surface area contributed by atoms with Gasteiger partial charge in [0, 0.05) is 13.1 Å². The Bertz CT molecular complexity index is 259. The molecule has 90 valence electrons. The molecule has 2 N–H and O–H groups in total. The lowest BCUT2D eigenvalue weighted by Crippen LogP contribution is -2.35. The third-order valence-corrected chi connectivity index (χ3v) is 2.41. The first-order valence-corrected chi connectivity index (χ1v) is 5.93. The lowest BCUT2D eigenvalue weighted by Gasteiger charge is -2.10. The van der Waals surface area contributed by atoms with Crippen molar-refractivity contribution in [3.63, 3.8) is 0 Å². The van der Waals surface area contributed by atoms with Crippen molar-refractivity contribution >= 4 is 0 Å². The predicted molar refractivity (Wildman–Crippen MR) is 69.3 cm³/mol. The highest BCUT2D eigenvalue weighted by atomic mass is 15.3. The minimum atomic E-state index is 0.978. The highest BCUT2D eigenvalue weighted by Gasteiger charge is 1.92. The summed E-state index contributed by atoms with van der Waals surface area (Å²) in [6.45, 7) is 3.13. The van der Waals surface area contributed by atoms with Crippen molar-refractivity contribution in [2.24, 2.45) is 0 Å². The van der Waals surface area contributed by atoms with Crippen molar-refractivity contribution < 1.29 is 0 Å². The predicted octanol–water partition coefficient (Wildman–Crippen LogP) is 1.28. The maximum Gasteiger partial charge on any atom is 0.0140 e. The molecule has 3 nitrogen and oxygen atoms in total. The van der Waals surface area contributed by atoms with Crippen LogP contribution in [-0.2, 0) is 6.42 Å².